The number of carbonyl (C=O) groups excluding carboxylic acids is 2. The second kappa shape index (κ2) is 8.29. The zero-order valence-electron chi connectivity index (χ0n) is 16.2. The van der Waals surface area contributed by atoms with E-state index in [9.17, 15) is 27.2 Å². The van der Waals surface area contributed by atoms with Gasteiger partial charge in [0.2, 0.25) is 5.91 Å². The van der Waals surface area contributed by atoms with E-state index in [1.807, 2.05) is 0 Å². The SMILES string of the molecule is O=C1Cc2ccc(C(=O)NC(c3ccc(OC(F)(F)F)cc3)c3ncccc3F)cc2N1. The molecule has 2 heterocycles. The molecule has 0 bridgehead atoms. The van der Waals surface area contributed by atoms with Crippen molar-refractivity contribution in [2.75, 3.05) is 5.32 Å². The largest absolute Gasteiger partial charge is 0.573 e. The average molecular weight is 445 g/mol. The third-order valence-corrected chi connectivity index (χ3v) is 4.78. The number of pyridine rings is 1. The summed E-state index contributed by atoms with van der Waals surface area (Å²) < 4.78 is 55.6. The van der Waals surface area contributed by atoms with E-state index in [0.29, 0.717) is 11.3 Å². The summed E-state index contributed by atoms with van der Waals surface area (Å²) in [4.78, 5) is 28.4. The molecule has 4 rings (SSSR count). The molecule has 1 aromatic heterocycles. The highest BCUT2D eigenvalue weighted by molar-refractivity contribution is 6.02. The van der Waals surface area contributed by atoms with Gasteiger partial charge in [-0.25, -0.2) is 4.39 Å². The summed E-state index contributed by atoms with van der Waals surface area (Å²) in [5, 5.41) is 5.31. The van der Waals surface area contributed by atoms with Crippen LogP contribution in [0.4, 0.5) is 23.2 Å². The van der Waals surface area contributed by atoms with E-state index in [-0.39, 0.29) is 23.6 Å². The number of carbonyl (C=O) groups is 2. The van der Waals surface area contributed by atoms with Crippen LogP contribution in [0.5, 0.6) is 5.75 Å². The topological polar surface area (TPSA) is 80.3 Å². The first-order valence-electron chi connectivity index (χ1n) is 9.39. The molecule has 0 spiro atoms. The van der Waals surface area contributed by atoms with Gasteiger partial charge in [0, 0.05) is 17.4 Å². The first-order chi connectivity index (χ1) is 15.2. The van der Waals surface area contributed by atoms with Crippen molar-refractivity contribution in [2.45, 2.75) is 18.8 Å². The van der Waals surface area contributed by atoms with Crippen molar-refractivity contribution < 1.29 is 31.9 Å². The second-order valence-electron chi connectivity index (χ2n) is 6.99. The zero-order chi connectivity index (χ0) is 22.9. The molecule has 164 valence electrons. The van der Waals surface area contributed by atoms with Crippen molar-refractivity contribution in [2.24, 2.45) is 0 Å². The standard InChI is InChI=1S/C22H15F4N3O3/c23-16-2-1-9-27-20(16)19(12-5-7-15(8-6-12)32-22(24,25)26)29-21(31)14-4-3-13-11-18(30)28-17(13)10-14/h1-10,19H,11H2,(H,28,30)(H,29,31). The molecule has 10 heteroatoms. The van der Waals surface area contributed by atoms with Gasteiger partial charge in [0.15, 0.2) is 0 Å². The van der Waals surface area contributed by atoms with Gasteiger partial charge in [0.1, 0.15) is 17.3 Å². The predicted octanol–water partition coefficient (Wildman–Crippen LogP) is 4.13. The number of rotatable bonds is 5. The molecule has 2 N–H and O–H groups in total. The number of ether oxygens (including phenoxy) is 1. The Morgan fingerprint density at radius 3 is 2.56 bits per heavy atom. The van der Waals surface area contributed by atoms with Crippen molar-refractivity contribution >= 4 is 17.5 Å². The van der Waals surface area contributed by atoms with Crippen molar-refractivity contribution in [1.29, 1.82) is 0 Å². The van der Waals surface area contributed by atoms with Crippen molar-refractivity contribution in [3.8, 4) is 5.75 Å². The monoisotopic (exact) mass is 445 g/mol. The Labute approximate surface area is 179 Å². The summed E-state index contributed by atoms with van der Waals surface area (Å²) in [5.74, 6) is -1.93. The van der Waals surface area contributed by atoms with Gasteiger partial charge in [-0.2, -0.15) is 0 Å². The number of nitrogens with zero attached hydrogens (tertiary/aromatic N) is 1. The van der Waals surface area contributed by atoms with Crippen LogP contribution < -0.4 is 15.4 Å². The molecule has 32 heavy (non-hydrogen) atoms. The molecule has 0 saturated heterocycles. The van der Waals surface area contributed by atoms with Gasteiger partial charge in [-0.3, -0.25) is 14.6 Å². The van der Waals surface area contributed by atoms with Crippen LogP contribution in [0.15, 0.2) is 60.8 Å². The van der Waals surface area contributed by atoms with Crippen LogP contribution in [0.25, 0.3) is 0 Å². The minimum absolute atomic E-state index is 0.111. The summed E-state index contributed by atoms with van der Waals surface area (Å²) in [6.45, 7) is 0. The van der Waals surface area contributed by atoms with Gasteiger partial charge in [-0.1, -0.05) is 18.2 Å². The predicted molar refractivity (Wildman–Crippen MR) is 105 cm³/mol. The number of amides is 2. The van der Waals surface area contributed by atoms with Crippen LogP contribution in [0.1, 0.15) is 33.2 Å². The molecule has 3 aromatic rings. The number of benzene rings is 2. The number of hydrogen-bond donors (Lipinski definition) is 2. The lowest BCUT2D eigenvalue weighted by Crippen LogP contribution is -2.30. The Morgan fingerprint density at radius 1 is 1.12 bits per heavy atom. The minimum atomic E-state index is -4.86. The third-order valence-electron chi connectivity index (χ3n) is 4.78. The highest BCUT2D eigenvalue weighted by Crippen LogP contribution is 2.29. The lowest BCUT2D eigenvalue weighted by atomic mass is 10.0. The first-order valence-corrected chi connectivity index (χ1v) is 9.39. The Balaban J connectivity index is 1.64. The molecule has 0 radical (unpaired) electrons. The van der Waals surface area contributed by atoms with Crippen LogP contribution >= 0.6 is 0 Å². The maximum absolute atomic E-state index is 14.5. The molecule has 1 aliphatic rings. The molecular weight excluding hydrogens is 430 g/mol. The van der Waals surface area contributed by atoms with E-state index in [4.69, 9.17) is 0 Å². The van der Waals surface area contributed by atoms with E-state index < -0.39 is 29.9 Å². The summed E-state index contributed by atoms with van der Waals surface area (Å²) in [6, 6.07) is 10.8. The average Bonchev–Trinajstić information content (AvgIpc) is 3.11. The fourth-order valence-corrected chi connectivity index (χ4v) is 3.35. The summed E-state index contributed by atoms with van der Waals surface area (Å²) in [6.07, 6.45) is -3.31. The Hall–Kier alpha value is -3.95. The normalized spacial score (nSPS) is 13.8. The zero-order valence-corrected chi connectivity index (χ0v) is 16.2. The molecule has 1 unspecified atom stereocenters. The number of alkyl halides is 3. The number of aromatic nitrogens is 1. The number of nitrogens with one attached hydrogen (secondary N) is 2. The fourth-order valence-electron chi connectivity index (χ4n) is 3.35. The lowest BCUT2D eigenvalue weighted by Gasteiger charge is -2.20. The van der Waals surface area contributed by atoms with Crippen LogP contribution in [0.2, 0.25) is 0 Å². The maximum Gasteiger partial charge on any atom is 0.573 e. The Kier molecular flexibility index (Phi) is 5.52. The summed E-state index contributed by atoms with van der Waals surface area (Å²) in [7, 11) is 0. The highest BCUT2D eigenvalue weighted by Gasteiger charge is 2.31. The lowest BCUT2D eigenvalue weighted by molar-refractivity contribution is -0.274. The molecule has 1 aliphatic heterocycles. The van der Waals surface area contributed by atoms with E-state index in [0.717, 1.165) is 23.8 Å². The molecule has 6 nitrogen and oxygen atoms in total. The molecule has 1 atom stereocenters. The molecule has 2 amide bonds. The number of hydrogen-bond acceptors (Lipinski definition) is 4. The van der Waals surface area contributed by atoms with E-state index in [1.165, 1.54) is 36.5 Å². The van der Waals surface area contributed by atoms with Crippen LogP contribution in [0, 0.1) is 5.82 Å². The smallest absolute Gasteiger partial charge is 0.406 e. The molecular formula is C22H15F4N3O3. The van der Waals surface area contributed by atoms with Gasteiger partial charge >= 0.3 is 6.36 Å². The fraction of sp³-hybridized carbons (Fsp3) is 0.136. The van der Waals surface area contributed by atoms with Gasteiger partial charge in [-0.15, -0.1) is 13.2 Å². The Bertz CT molecular complexity index is 1180. The van der Waals surface area contributed by atoms with Crippen molar-refractivity contribution in [3.05, 3.63) is 89.0 Å². The maximum atomic E-state index is 14.5. The molecule has 0 fully saturated rings. The molecule has 0 aliphatic carbocycles. The van der Waals surface area contributed by atoms with Gasteiger partial charge in [0.25, 0.3) is 5.91 Å². The second-order valence-corrected chi connectivity index (χ2v) is 6.99. The first kappa shape index (κ1) is 21.3. The summed E-state index contributed by atoms with van der Waals surface area (Å²) >= 11 is 0. The highest BCUT2D eigenvalue weighted by atomic mass is 19.4. The van der Waals surface area contributed by atoms with Crippen molar-refractivity contribution in [3.63, 3.8) is 0 Å². The third kappa shape index (κ3) is 4.69. The molecule has 2 aromatic carbocycles. The van der Waals surface area contributed by atoms with Crippen LogP contribution in [-0.4, -0.2) is 23.2 Å². The van der Waals surface area contributed by atoms with Crippen LogP contribution in [-0.2, 0) is 11.2 Å². The number of fused-ring (bicyclic) bond motifs is 1. The van der Waals surface area contributed by atoms with E-state index in [1.54, 1.807) is 6.07 Å². The molecule has 0 saturated carbocycles. The number of anilines is 1. The van der Waals surface area contributed by atoms with E-state index >= 15 is 0 Å². The van der Waals surface area contributed by atoms with Crippen molar-refractivity contribution in [1.82, 2.24) is 10.3 Å². The Morgan fingerprint density at radius 2 is 1.88 bits per heavy atom. The summed E-state index contributed by atoms with van der Waals surface area (Å²) in [5.41, 5.74) is 1.65. The number of halogens is 4. The van der Waals surface area contributed by atoms with Gasteiger partial charge in [-0.05, 0) is 47.5 Å². The van der Waals surface area contributed by atoms with Crippen LogP contribution in [0.3, 0.4) is 0 Å². The minimum Gasteiger partial charge on any atom is -0.406 e. The van der Waals surface area contributed by atoms with E-state index in [2.05, 4.69) is 20.4 Å². The quantitative estimate of drug-likeness (QED) is 0.579. The van der Waals surface area contributed by atoms with Gasteiger partial charge in [0.05, 0.1) is 12.5 Å². The van der Waals surface area contributed by atoms with Gasteiger partial charge < -0.3 is 15.4 Å².